The quantitative estimate of drug-likeness (QED) is 0.781. The summed E-state index contributed by atoms with van der Waals surface area (Å²) in [5, 5.41) is 3.99. The van der Waals surface area contributed by atoms with Gasteiger partial charge in [0.1, 0.15) is 0 Å². The Bertz CT molecular complexity index is 463. The van der Waals surface area contributed by atoms with Gasteiger partial charge in [0.15, 0.2) is 0 Å². The maximum Gasteiger partial charge on any atom is 0.0325 e. The molecule has 1 aromatic rings. The van der Waals surface area contributed by atoms with E-state index in [2.05, 4.69) is 50.4 Å². The molecular weight excluding hydrogens is 254 g/mol. The maximum absolute atomic E-state index is 3.99. The Morgan fingerprint density at radius 1 is 0.952 bits per heavy atom. The van der Waals surface area contributed by atoms with E-state index < -0.39 is 0 Å². The predicted molar refractivity (Wildman–Crippen MR) is 90.5 cm³/mol. The predicted octanol–water partition coefficient (Wildman–Crippen LogP) is 5.26. The first-order valence-corrected chi connectivity index (χ1v) is 8.88. The number of fused-ring (bicyclic) bond motifs is 1. The molecule has 0 heterocycles. The van der Waals surface area contributed by atoms with Crippen LogP contribution in [0.15, 0.2) is 24.3 Å². The van der Waals surface area contributed by atoms with Crippen LogP contribution >= 0.6 is 0 Å². The van der Waals surface area contributed by atoms with Crippen molar-refractivity contribution in [3.63, 3.8) is 0 Å². The Hall–Kier alpha value is -0.820. The molecule has 1 N–H and O–H groups in total. The number of hydrogen-bond acceptors (Lipinski definition) is 1. The minimum atomic E-state index is 0.489. The van der Waals surface area contributed by atoms with Crippen molar-refractivity contribution in [2.24, 2.45) is 11.3 Å². The molecule has 1 saturated carbocycles. The van der Waals surface area contributed by atoms with Crippen molar-refractivity contribution in [3.05, 3.63) is 35.4 Å². The third-order valence-corrected chi connectivity index (χ3v) is 5.76. The Morgan fingerprint density at radius 2 is 1.67 bits per heavy atom. The summed E-state index contributed by atoms with van der Waals surface area (Å²) < 4.78 is 0. The van der Waals surface area contributed by atoms with Crippen molar-refractivity contribution < 1.29 is 0 Å². The van der Waals surface area contributed by atoms with Crippen LogP contribution in [0.5, 0.6) is 0 Å². The number of hydrogen-bond donors (Lipinski definition) is 1. The van der Waals surface area contributed by atoms with Crippen LogP contribution in [0.4, 0.5) is 0 Å². The van der Waals surface area contributed by atoms with Crippen LogP contribution in [0.2, 0.25) is 0 Å². The fraction of sp³-hybridized carbons (Fsp3) is 0.700. The second-order valence-electron chi connectivity index (χ2n) is 8.22. The Balaban J connectivity index is 1.59. The van der Waals surface area contributed by atoms with E-state index in [0.717, 1.165) is 12.0 Å². The summed E-state index contributed by atoms with van der Waals surface area (Å²) in [4.78, 5) is 0. The highest BCUT2D eigenvalue weighted by atomic mass is 15.0. The average Bonchev–Trinajstić information content (AvgIpc) is 2.47. The number of benzene rings is 1. The highest BCUT2D eigenvalue weighted by molar-refractivity contribution is 5.32. The molecule has 0 bridgehead atoms. The third kappa shape index (κ3) is 3.51. The second-order valence-corrected chi connectivity index (χ2v) is 8.22. The van der Waals surface area contributed by atoms with Crippen LogP contribution in [0.1, 0.15) is 76.5 Å². The van der Waals surface area contributed by atoms with Crippen LogP contribution in [0.25, 0.3) is 0 Å². The minimum absolute atomic E-state index is 0.489. The van der Waals surface area contributed by atoms with E-state index in [4.69, 9.17) is 0 Å². The fourth-order valence-corrected chi connectivity index (χ4v) is 4.34. The first kappa shape index (κ1) is 15.1. The smallest absolute Gasteiger partial charge is 0.0325 e. The molecule has 3 rings (SSSR count). The van der Waals surface area contributed by atoms with Gasteiger partial charge in [0.05, 0.1) is 0 Å². The number of rotatable bonds is 2. The summed E-state index contributed by atoms with van der Waals surface area (Å²) in [6.45, 7) is 7.22. The molecule has 1 aromatic carbocycles. The van der Waals surface area contributed by atoms with E-state index in [1.807, 2.05) is 0 Å². The summed E-state index contributed by atoms with van der Waals surface area (Å²) in [5.74, 6) is 0.911. The van der Waals surface area contributed by atoms with Gasteiger partial charge in [-0.05, 0) is 67.4 Å². The first-order chi connectivity index (χ1) is 10.0. The normalized spacial score (nSPS) is 30.0. The molecule has 21 heavy (non-hydrogen) atoms. The van der Waals surface area contributed by atoms with Crippen LogP contribution < -0.4 is 5.32 Å². The molecule has 2 aliphatic rings. The lowest BCUT2D eigenvalue weighted by molar-refractivity contribution is 0.154. The lowest BCUT2D eigenvalue weighted by atomic mass is 9.71. The summed E-state index contributed by atoms with van der Waals surface area (Å²) >= 11 is 0. The average molecular weight is 285 g/mol. The topological polar surface area (TPSA) is 12.0 Å². The summed E-state index contributed by atoms with van der Waals surface area (Å²) in [7, 11) is 0. The highest BCUT2D eigenvalue weighted by Gasteiger charge is 2.31. The first-order valence-electron chi connectivity index (χ1n) is 8.88. The summed E-state index contributed by atoms with van der Waals surface area (Å²) in [6, 6.07) is 10.4. The van der Waals surface area contributed by atoms with E-state index in [0.29, 0.717) is 11.5 Å². The van der Waals surface area contributed by atoms with Gasteiger partial charge in [-0.1, -0.05) is 45.0 Å². The molecule has 0 aliphatic heterocycles. The van der Waals surface area contributed by atoms with Crippen molar-refractivity contribution in [2.75, 3.05) is 0 Å². The summed E-state index contributed by atoms with van der Waals surface area (Å²) in [5.41, 5.74) is 3.63. The molecule has 116 valence electrons. The molecule has 0 spiro atoms. The van der Waals surface area contributed by atoms with Crippen molar-refractivity contribution >= 4 is 0 Å². The summed E-state index contributed by atoms with van der Waals surface area (Å²) in [6.07, 6.45) is 9.44. The molecule has 1 heteroatoms. The fourth-order valence-electron chi connectivity index (χ4n) is 4.34. The zero-order valence-corrected chi connectivity index (χ0v) is 14.0. The molecule has 0 aromatic heterocycles. The van der Waals surface area contributed by atoms with Crippen molar-refractivity contribution in [1.29, 1.82) is 0 Å². The van der Waals surface area contributed by atoms with E-state index in [1.54, 1.807) is 11.1 Å². The van der Waals surface area contributed by atoms with Gasteiger partial charge >= 0.3 is 0 Å². The molecule has 2 aliphatic carbocycles. The van der Waals surface area contributed by atoms with Gasteiger partial charge in [-0.15, -0.1) is 0 Å². The zero-order valence-electron chi connectivity index (χ0n) is 14.0. The second kappa shape index (κ2) is 6.12. The van der Waals surface area contributed by atoms with Crippen LogP contribution in [-0.4, -0.2) is 6.04 Å². The molecule has 0 amide bonds. The lowest BCUT2D eigenvalue weighted by Gasteiger charge is -2.39. The van der Waals surface area contributed by atoms with Gasteiger partial charge in [0, 0.05) is 12.1 Å². The number of aryl methyl sites for hydroxylation is 1. The SMILES string of the molecule is CC(C)(C)C1CCC(NC2CCCc3ccccc32)CC1. The Kier molecular flexibility index (Phi) is 4.40. The zero-order chi connectivity index (χ0) is 14.9. The van der Waals surface area contributed by atoms with Crippen molar-refractivity contribution in [1.82, 2.24) is 5.32 Å². The van der Waals surface area contributed by atoms with Crippen LogP contribution in [0, 0.1) is 11.3 Å². The molecule has 0 saturated heterocycles. The molecule has 0 radical (unpaired) electrons. The Morgan fingerprint density at radius 3 is 2.38 bits per heavy atom. The molecular formula is C20H31N. The van der Waals surface area contributed by atoms with Crippen LogP contribution in [-0.2, 0) is 6.42 Å². The molecule has 1 fully saturated rings. The maximum atomic E-state index is 3.99. The van der Waals surface area contributed by atoms with Crippen molar-refractivity contribution in [2.45, 2.75) is 77.8 Å². The van der Waals surface area contributed by atoms with Crippen molar-refractivity contribution in [3.8, 4) is 0 Å². The standard InChI is InChI=1S/C20H31N/c1-20(2,3)16-11-13-17(14-12-16)21-19-10-6-8-15-7-4-5-9-18(15)19/h4-5,7,9,16-17,19,21H,6,8,10-14H2,1-3H3. The highest BCUT2D eigenvalue weighted by Crippen LogP contribution is 2.39. The van der Waals surface area contributed by atoms with E-state index in [1.165, 1.54) is 44.9 Å². The molecule has 1 nitrogen and oxygen atoms in total. The van der Waals surface area contributed by atoms with E-state index in [-0.39, 0.29) is 0 Å². The van der Waals surface area contributed by atoms with E-state index >= 15 is 0 Å². The lowest BCUT2D eigenvalue weighted by Crippen LogP contribution is -2.39. The largest absolute Gasteiger partial charge is 0.307 e. The molecule has 1 atom stereocenters. The van der Waals surface area contributed by atoms with Crippen LogP contribution in [0.3, 0.4) is 0 Å². The Labute approximate surface area is 130 Å². The van der Waals surface area contributed by atoms with Gasteiger partial charge in [-0.3, -0.25) is 0 Å². The number of nitrogens with one attached hydrogen (secondary N) is 1. The van der Waals surface area contributed by atoms with Gasteiger partial charge in [-0.2, -0.15) is 0 Å². The molecule has 1 unspecified atom stereocenters. The van der Waals surface area contributed by atoms with Gasteiger partial charge < -0.3 is 5.32 Å². The third-order valence-electron chi connectivity index (χ3n) is 5.76. The van der Waals surface area contributed by atoms with Gasteiger partial charge in [-0.25, -0.2) is 0 Å². The van der Waals surface area contributed by atoms with Gasteiger partial charge in [0.25, 0.3) is 0 Å². The monoisotopic (exact) mass is 285 g/mol. The van der Waals surface area contributed by atoms with Gasteiger partial charge in [0.2, 0.25) is 0 Å². The minimum Gasteiger partial charge on any atom is -0.307 e. The van der Waals surface area contributed by atoms with E-state index in [9.17, 15) is 0 Å².